The second kappa shape index (κ2) is 12.8. The van der Waals surface area contributed by atoms with Crippen molar-refractivity contribution in [2.45, 2.75) is 52.5 Å². The van der Waals surface area contributed by atoms with Crippen LogP contribution in [0, 0.1) is 0 Å². The molecule has 0 saturated carbocycles. The molecule has 5 heteroatoms. The van der Waals surface area contributed by atoms with Crippen molar-refractivity contribution in [2.24, 2.45) is 0 Å². The van der Waals surface area contributed by atoms with Gasteiger partial charge in [-0.15, -0.1) is 0 Å². The van der Waals surface area contributed by atoms with Gasteiger partial charge in [-0.25, -0.2) is 0 Å². The molecule has 0 bridgehead atoms. The van der Waals surface area contributed by atoms with Gasteiger partial charge >= 0.3 is 0 Å². The van der Waals surface area contributed by atoms with E-state index in [9.17, 15) is 9.59 Å². The molecule has 0 aliphatic carbocycles. The Hall–Kier alpha value is -2.66. The summed E-state index contributed by atoms with van der Waals surface area (Å²) in [6, 6.07) is 17.7. The van der Waals surface area contributed by atoms with Gasteiger partial charge in [-0.2, -0.15) is 0 Å². The fourth-order valence-corrected chi connectivity index (χ4v) is 3.54. The van der Waals surface area contributed by atoms with E-state index in [2.05, 4.69) is 41.5 Å². The molecule has 2 amide bonds. The standard InChI is InChI=1S/C25H35N3O2/c1-4-15-28(16-5-2)19-25(30)27-23-13-11-22(12-14-23)18-24(29)26-20(3)17-21-9-7-6-8-10-21/h6-14,20H,4-5,15-19H2,1-3H3,(H,26,29)(H,27,30). The summed E-state index contributed by atoms with van der Waals surface area (Å²) in [4.78, 5) is 26.8. The van der Waals surface area contributed by atoms with Crippen LogP contribution in [0.15, 0.2) is 54.6 Å². The van der Waals surface area contributed by atoms with E-state index in [-0.39, 0.29) is 17.9 Å². The van der Waals surface area contributed by atoms with Crippen molar-refractivity contribution in [3.8, 4) is 0 Å². The molecular weight excluding hydrogens is 374 g/mol. The lowest BCUT2D eigenvalue weighted by molar-refractivity contribution is -0.121. The van der Waals surface area contributed by atoms with Crippen LogP contribution in [0.1, 0.15) is 44.7 Å². The first kappa shape index (κ1) is 23.6. The number of nitrogens with zero attached hydrogens (tertiary/aromatic N) is 1. The molecule has 0 aromatic heterocycles. The lowest BCUT2D eigenvalue weighted by Crippen LogP contribution is -2.35. The van der Waals surface area contributed by atoms with Gasteiger partial charge in [0.05, 0.1) is 13.0 Å². The van der Waals surface area contributed by atoms with E-state index in [1.807, 2.05) is 49.4 Å². The number of benzene rings is 2. The molecule has 0 saturated heterocycles. The van der Waals surface area contributed by atoms with Gasteiger partial charge in [0, 0.05) is 11.7 Å². The van der Waals surface area contributed by atoms with Gasteiger partial charge in [0.25, 0.3) is 0 Å². The lowest BCUT2D eigenvalue weighted by atomic mass is 10.1. The first-order valence-electron chi connectivity index (χ1n) is 10.9. The van der Waals surface area contributed by atoms with Crippen molar-refractivity contribution in [2.75, 3.05) is 25.0 Å². The van der Waals surface area contributed by atoms with Gasteiger partial charge < -0.3 is 10.6 Å². The Balaban J connectivity index is 1.79. The molecule has 5 nitrogen and oxygen atoms in total. The summed E-state index contributed by atoms with van der Waals surface area (Å²) in [5.41, 5.74) is 2.90. The molecule has 162 valence electrons. The molecule has 0 radical (unpaired) electrons. The molecular formula is C25H35N3O2. The van der Waals surface area contributed by atoms with Crippen LogP contribution in [0.3, 0.4) is 0 Å². The molecule has 1 atom stereocenters. The number of rotatable bonds is 12. The predicted octanol–water partition coefficient (Wildman–Crippen LogP) is 4.04. The monoisotopic (exact) mass is 409 g/mol. The zero-order valence-electron chi connectivity index (χ0n) is 18.5. The average molecular weight is 410 g/mol. The summed E-state index contributed by atoms with van der Waals surface area (Å²) in [5.74, 6) is 0.00196. The summed E-state index contributed by atoms with van der Waals surface area (Å²) in [5, 5.41) is 6.00. The van der Waals surface area contributed by atoms with E-state index in [1.54, 1.807) is 0 Å². The SMILES string of the molecule is CCCN(CCC)CC(=O)Nc1ccc(CC(=O)NC(C)Cc2ccccc2)cc1. The fraction of sp³-hybridized carbons (Fsp3) is 0.440. The summed E-state index contributed by atoms with van der Waals surface area (Å²) in [6.07, 6.45) is 3.21. The third-order valence-corrected chi connectivity index (χ3v) is 4.84. The van der Waals surface area contributed by atoms with Crippen LogP contribution in [-0.4, -0.2) is 42.4 Å². The van der Waals surface area contributed by atoms with E-state index in [1.165, 1.54) is 5.56 Å². The fourth-order valence-electron chi connectivity index (χ4n) is 3.54. The number of nitrogens with one attached hydrogen (secondary N) is 2. The second-order valence-corrected chi connectivity index (χ2v) is 7.86. The number of hydrogen-bond acceptors (Lipinski definition) is 3. The Bertz CT molecular complexity index is 769. The third-order valence-electron chi connectivity index (χ3n) is 4.84. The summed E-state index contributed by atoms with van der Waals surface area (Å²) in [7, 11) is 0. The van der Waals surface area contributed by atoms with Gasteiger partial charge in [-0.05, 0) is 62.5 Å². The highest BCUT2D eigenvalue weighted by Crippen LogP contribution is 2.11. The summed E-state index contributed by atoms with van der Waals surface area (Å²) in [6.45, 7) is 8.53. The number of anilines is 1. The highest BCUT2D eigenvalue weighted by atomic mass is 16.2. The van der Waals surface area contributed by atoms with E-state index in [0.29, 0.717) is 13.0 Å². The van der Waals surface area contributed by atoms with E-state index in [4.69, 9.17) is 0 Å². The zero-order chi connectivity index (χ0) is 21.8. The van der Waals surface area contributed by atoms with Gasteiger partial charge in [-0.3, -0.25) is 14.5 Å². The van der Waals surface area contributed by atoms with Gasteiger partial charge in [-0.1, -0.05) is 56.3 Å². The van der Waals surface area contributed by atoms with Crippen molar-refractivity contribution >= 4 is 17.5 Å². The molecule has 2 aromatic carbocycles. The van der Waals surface area contributed by atoms with Gasteiger partial charge in [0.2, 0.25) is 11.8 Å². The van der Waals surface area contributed by atoms with Crippen LogP contribution < -0.4 is 10.6 Å². The average Bonchev–Trinajstić information content (AvgIpc) is 2.70. The largest absolute Gasteiger partial charge is 0.353 e. The van der Waals surface area contributed by atoms with Crippen molar-refractivity contribution < 1.29 is 9.59 Å². The summed E-state index contributed by atoms with van der Waals surface area (Å²) < 4.78 is 0. The maximum absolute atomic E-state index is 12.3. The molecule has 0 aliphatic heterocycles. The molecule has 2 aromatic rings. The highest BCUT2D eigenvalue weighted by molar-refractivity contribution is 5.92. The molecule has 0 aliphatic rings. The molecule has 0 spiro atoms. The van der Waals surface area contributed by atoms with Crippen molar-refractivity contribution in [1.82, 2.24) is 10.2 Å². The predicted molar refractivity (Wildman–Crippen MR) is 124 cm³/mol. The van der Waals surface area contributed by atoms with Crippen LogP contribution in [-0.2, 0) is 22.4 Å². The van der Waals surface area contributed by atoms with E-state index in [0.717, 1.165) is 43.6 Å². The second-order valence-electron chi connectivity index (χ2n) is 7.86. The van der Waals surface area contributed by atoms with E-state index >= 15 is 0 Å². The minimum atomic E-state index is -0.00266. The topological polar surface area (TPSA) is 61.4 Å². The molecule has 0 fully saturated rings. The Morgan fingerprint density at radius 3 is 2.10 bits per heavy atom. The first-order chi connectivity index (χ1) is 14.5. The Labute approximate surface area is 180 Å². The van der Waals surface area contributed by atoms with Crippen LogP contribution in [0.4, 0.5) is 5.69 Å². The minimum Gasteiger partial charge on any atom is -0.353 e. The Morgan fingerprint density at radius 1 is 0.867 bits per heavy atom. The van der Waals surface area contributed by atoms with Crippen molar-refractivity contribution in [3.05, 3.63) is 65.7 Å². The maximum Gasteiger partial charge on any atom is 0.238 e. The van der Waals surface area contributed by atoms with Crippen molar-refractivity contribution in [3.63, 3.8) is 0 Å². The zero-order valence-corrected chi connectivity index (χ0v) is 18.5. The summed E-state index contributed by atoms with van der Waals surface area (Å²) >= 11 is 0. The first-order valence-corrected chi connectivity index (χ1v) is 10.9. The molecule has 1 unspecified atom stereocenters. The van der Waals surface area contributed by atoms with Gasteiger partial charge in [0.15, 0.2) is 0 Å². The third kappa shape index (κ3) is 8.78. The van der Waals surface area contributed by atoms with Crippen LogP contribution in [0.2, 0.25) is 0 Å². The quantitative estimate of drug-likeness (QED) is 0.556. The van der Waals surface area contributed by atoms with Crippen LogP contribution in [0.25, 0.3) is 0 Å². The molecule has 30 heavy (non-hydrogen) atoms. The number of amides is 2. The maximum atomic E-state index is 12.3. The molecule has 2 N–H and O–H groups in total. The number of carbonyl (C=O) groups excluding carboxylic acids is 2. The van der Waals surface area contributed by atoms with Crippen LogP contribution >= 0.6 is 0 Å². The van der Waals surface area contributed by atoms with E-state index < -0.39 is 0 Å². The van der Waals surface area contributed by atoms with Gasteiger partial charge in [0.1, 0.15) is 0 Å². The Kier molecular flexibility index (Phi) is 10.1. The number of carbonyl (C=O) groups is 2. The van der Waals surface area contributed by atoms with Crippen LogP contribution in [0.5, 0.6) is 0 Å². The Morgan fingerprint density at radius 2 is 1.50 bits per heavy atom. The lowest BCUT2D eigenvalue weighted by Gasteiger charge is -2.20. The van der Waals surface area contributed by atoms with Crippen molar-refractivity contribution in [1.29, 1.82) is 0 Å². The normalized spacial score (nSPS) is 11.9. The smallest absolute Gasteiger partial charge is 0.238 e. The highest BCUT2D eigenvalue weighted by Gasteiger charge is 2.11. The number of hydrogen-bond donors (Lipinski definition) is 2. The minimum absolute atomic E-state index is 0.00266. The molecule has 2 rings (SSSR count). The molecule has 0 heterocycles.